The van der Waals surface area contributed by atoms with E-state index < -0.39 is 17.5 Å². The van der Waals surface area contributed by atoms with Crippen LogP contribution in [0.3, 0.4) is 0 Å². The number of anilines is 1. The molecule has 1 aromatic carbocycles. The molecule has 7 heteroatoms. The Morgan fingerprint density at radius 1 is 1.32 bits per heavy atom. The van der Waals surface area contributed by atoms with Gasteiger partial charge in [0.25, 0.3) is 0 Å². The molecule has 0 spiro atoms. The largest absolute Gasteiger partial charge is 0.465 e. The van der Waals surface area contributed by atoms with E-state index in [1.807, 2.05) is 22.6 Å². The highest BCUT2D eigenvalue weighted by Gasteiger charge is 2.17. The van der Waals surface area contributed by atoms with E-state index in [-0.39, 0.29) is 10.3 Å². The smallest absolute Gasteiger partial charge is 0.337 e. The summed E-state index contributed by atoms with van der Waals surface area (Å²) in [4.78, 5) is 23.3. The summed E-state index contributed by atoms with van der Waals surface area (Å²) in [5.74, 6) is -0.868. The van der Waals surface area contributed by atoms with Gasteiger partial charge in [0.2, 0.25) is 0 Å². The minimum absolute atomic E-state index is 0.0221. The zero-order chi connectivity index (χ0) is 16.9. The van der Waals surface area contributed by atoms with Crippen molar-refractivity contribution in [1.29, 1.82) is 5.41 Å². The molecule has 0 saturated heterocycles. The Labute approximate surface area is 143 Å². The number of hydrogen-bond donors (Lipinski definition) is 2. The van der Waals surface area contributed by atoms with Crippen LogP contribution in [0.5, 0.6) is 0 Å². The fourth-order valence-corrected chi connectivity index (χ4v) is 2.12. The first-order valence-electron chi connectivity index (χ1n) is 6.56. The Bertz CT molecular complexity index is 594. The summed E-state index contributed by atoms with van der Waals surface area (Å²) in [5, 5.41) is 10.7. The maximum absolute atomic E-state index is 11.7. The number of hydrogen-bond acceptors (Lipinski definition) is 6. The molecule has 1 aromatic rings. The van der Waals surface area contributed by atoms with Crippen molar-refractivity contribution in [2.75, 3.05) is 19.0 Å². The van der Waals surface area contributed by atoms with Crippen LogP contribution in [0.15, 0.2) is 18.2 Å². The topological polar surface area (TPSA) is 88.5 Å². The van der Waals surface area contributed by atoms with Gasteiger partial charge in [-0.2, -0.15) is 0 Å². The highest BCUT2D eigenvalue weighted by molar-refractivity contribution is 14.1. The zero-order valence-electron chi connectivity index (χ0n) is 13.0. The molecule has 0 saturated carbocycles. The van der Waals surface area contributed by atoms with Gasteiger partial charge in [-0.15, -0.1) is 0 Å². The van der Waals surface area contributed by atoms with Crippen molar-refractivity contribution in [3.05, 3.63) is 29.3 Å². The number of carbonyl (C=O) groups is 2. The lowest BCUT2D eigenvalue weighted by Crippen LogP contribution is -2.28. The summed E-state index contributed by atoms with van der Waals surface area (Å²) in [5.41, 5.74) is 0.901. The third-order valence-corrected chi connectivity index (χ3v) is 3.10. The lowest BCUT2D eigenvalue weighted by molar-refractivity contribution is -0.152. The van der Waals surface area contributed by atoms with Crippen LogP contribution in [0.25, 0.3) is 0 Å². The summed E-state index contributed by atoms with van der Waals surface area (Å²) in [7, 11) is 1.30. The van der Waals surface area contributed by atoms with E-state index in [2.05, 4.69) is 10.1 Å². The first kappa shape index (κ1) is 18.4. The molecule has 0 fully saturated rings. The van der Waals surface area contributed by atoms with Crippen LogP contribution < -0.4 is 5.32 Å². The van der Waals surface area contributed by atoms with Gasteiger partial charge in [0.15, 0.2) is 0 Å². The minimum atomic E-state index is -0.549. The quantitative estimate of drug-likeness (QED) is 0.436. The third-order valence-electron chi connectivity index (χ3n) is 2.52. The van der Waals surface area contributed by atoms with Crippen molar-refractivity contribution in [1.82, 2.24) is 0 Å². The second kappa shape index (κ2) is 7.57. The summed E-state index contributed by atoms with van der Waals surface area (Å²) in [6, 6.07) is 4.77. The maximum atomic E-state index is 11.7. The lowest BCUT2D eigenvalue weighted by atomic mass is 10.1. The predicted molar refractivity (Wildman–Crippen MR) is 93.0 cm³/mol. The SMILES string of the molecule is COC(=O)c1ccc(NCC(=O)OC(C)(C)C)c(C(=N)I)c1. The first-order valence-corrected chi connectivity index (χ1v) is 7.64. The number of carbonyl (C=O) groups excluding carboxylic acids is 2. The third kappa shape index (κ3) is 5.63. The van der Waals surface area contributed by atoms with Crippen LogP contribution in [0.1, 0.15) is 36.7 Å². The average molecular weight is 418 g/mol. The number of halogens is 1. The van der Waals surface area contributed by atoms with Crippen LogP contribution in [0.2, 0.25) is 0 Å². The standard InChI is InChI=1S/C15H19IN2O4/c1-15(2,3)22-12(19)8-18-11-6-5-9(14(20)21-4)7-10(11)13(16)17/h5-7,17-18H,8H2,1-4H3. The molecular weight excluding hydrogens is 399 g/mol. The Morgan fingerprint density at radius 3 is 2.45 bits per heavy atom. The fourth-order valence-electron chi connectivity index (χ4n) is 1.67. The molecule has 2 N–H and O–H groups in total. The normalized spacial score (nSPS) is 10.8. The fraction of sp³-hybridized carbons (Fsp3) is 0.400. The number of benzene rings is 1. The molecule has 22 heavy (non-hydrogen) atoms. The van der Waals surface area contributed by atoms with Gasteiger partial charge < -0.3 is 14.8 Å². The van der Waals surface area contributed by atoms with Crippen molar-refractivity contribution in [2.24, 2.45) is 0 Å². The molecule has 0 atom stereocenters. The molecule has 120 valence electrons. The van der Waals surface area contributed by atoms with Gasteiger partial charge in [-0.3, -0.25) is 10.2 Å². The molecule has 6 nitrogen and oxygen atoms in total. The van der Waals surface area contributed by atoms with Crippen LogP contribution in [-0.4, -0.2) is 34.9 Å². The lowest BCUT2D eigenvalue weighted by Gasteiger charge is -2.20. The maximum Gasteiger partial charge on any atom is 0.337 e. The van der Waals surface area contributed by atoms with Gasteiger partial charge in [0, 0.05) is 11.3 Å². The van der Waals surface area contributed by atoms with E-state index in [9.17, 15) is 9.59 Å². The number of methoxy groups -OCH3 is 1. The van der Waals surface area contributed by atoms with Gasteiger partial charge in [0.05, 0.1) is 12.7 Å². The molecule has 0 bridgehead atoms. The molecule has 0 aliphatic heterocycles. The van der Waals surface area contributed by atoms with Crippen LogP contribution in [0.4, 0.5) is 5.69 Å². The van der Waals surface area contributed by atoms with E-state index >= 15 is 0 Å². The molecule has 0 amide bonds. The van der Waals surface area contributed by atoms with Crippen molar-refractivity contribution in [3.8, 4) is 0 Å². The second-order valence-corrected chi connectivity index (χ2v) is 6.58. The van der Waals surface area contributed by atoms with E-state index in [0.29, 0.717) is 16.8 Å². The molecule has 0 radical (unpaired) electrons. The van der Waals surface area contributed by atoms with Crippen LogP contribution in [0, 0.1) is 5.41 Å². The summed E-state index contributed by atoms with van der Waals surface area (Å²) in [6.45, 7) is 5.36. The molecule has 0 aliphatic carbocycles. The predicted octanol–water partition coefficient (Wildman–Crippen LogP) is 2.99. The van der Waals surface area contributed by atoms with Gasteiger partial charge >= 0.3 is 11.9 Å². The molecule has 1 rings (SSSR count). The van der Waals surface area contributed by atoms with Crippen molar-refractivity contribution < 1.29 is 19.1 Å². The molecule has 0 aliphatic rings. The summed E-state index contributed by atoms with van der Waals surface area (Å²) in [6.07, 6.45) is 0. The number of rotatable bonds is 5. The van der Waals surface area contributed by atoms with Gasteiger partial charge in [-0.1, -0.05) is 0 Å². The van der Waals surface area contributed by atoms with Crippen molar-refractivity contribution in [3.63, 3.8) is 0 Å². The number of esters is 2. The first-order chi connectivity index (χ1) is 10.1. The second-order valence-electron chi connectivity index (χ2n) is 5.51. The Kier molecular flexibility index (Phi) is 6.34. The van der Waals surface area contributed by atoms with E-state index in [1.54, 1.807) is 39.0 Å². The number of ether oxygens (including phenoxy) is 2. The van der Waals surface area contributed by atoms with Gasteiger partial charge in [0.1, 0.15) is 15.9 Å². The molecule has 0 heterocycles. The monoisotopic (exact) mass is 418 g/mol. The highest BCUT2D eigenvalue weighted by atomic mass is 127. The van der Waals surface area contributed by atoms with E-state index in [1.165, 1.54) is 7.11 Å². The van der Waals surface area contributed by atoms with Gasteiger partial charge in [-0.25, -0.2) is 4.79 Å². The minimum Gasteiger partial charge on any atom is -0.465 e. The van der Waals surface area contributed by atoms with Crippen molar-refractivity contribution in [2.45, 2.75) is 26.4 Å². The average Bonchev–Trinajstić information content (AvgIpc) is 2.42. The Morgan fingerprint density at radius 2 is 1.95 bits per heavy atom. The summed E-state index contributed by atoms with van der Waals surface area (Å²) < 4.78 is 10.1. The number of nitrogens with one attached hydrogen (secondary N) is 2. The Balaban J connectivity index is 2.89. The molecule has 0 unspecified atom stereocenters. The van der Waals surface area contributed by atoms with Crippen molar-refractivity contribution >= 4 is 43.9 Å². The van der Waals surface area contributed by atoms with Crippen LogP contribution >= 0.6 is 22.6 Å². The molecule has 0 aromatic heterocycles. The van der Waals surface area contributed by atoms with Crippen LogP contribution in [-0.2, 0) is 14.3 Å². The Hall–Kier alpha value is -1.64. The zero-order valence-corrected chi connectivity index (χ0v) is 15.1. The summed E-state index contributed by atoms with van der Waals surface area (Å²) >= 11 is 1.84. The van der Waals surface area contributed by atoms with E-state index in [4.69, 9.17) is 10.1 Å². The highest BCUT2D eigenvalue weighted by Crippen LogP contribution is 2.21. The van der Waals surface area contributed by atoms with E-state index in [0.717, 1.165) is 0 Å². The molecular formula is C15H19IN2O4. The van der Waals surface area contributed by atoms with Gasteiger partial charge in [-0.05, 0) is 61.6 Å².